The van der Waals surface area contributed by atoms with Crippen LogP contribution in [0.4, 0.5) is 0 Å². The summed E-state index contributed by atoms with van der Waals surface area (Å²) in [5, 5.41) is 13.6. The first kappa shape index (κ1) is 10.6. The van der Waals surface area contributed by atoms with Crippen LogP contribution in [0.15, 0.2) is 12.4 Å². The topological polar surface area (TPSA) is 50.1 Å². The fourth-order valence-corrected chi connectivity index (χ4v) is 2.16. The number of aliphatic hydroxyl groups is 1. The number of hydrogen-bond acceptors (Lipinski definition) is 3. The first-order valence-electron chi connectivity index (χ1n) is 5.67. The molecule has 4 heteroatoms. The Labute approximate surface area is 90.3 Å². The van der Waals surface area contributed by atoms with Crippen LogP contribution in [-0.4, -0.2) is 33.3 Å². The minimum absolute atomic E-state index is 0.552. The van der Waals surface area contributed by atoms with E-state index in [2.05, 4.69) is 21.8 Å². The molecule has 0 atom stereocenters. The predicted molar refractivity (Wildman–Crippen MR) is 58.7 cm³/mol. The molecule has 1 saturated heterocycles. The van der Waals surface area contributed by atoms with Gasteiger partial charge in [-0.25, -0.2) is 4.98 Å². The average Bonchev–Trinajstić information content (AvgIpc) is 2.65. The van der Waals surface area contributed by atoms with Crippen molar-refractivity contribution < 1.29 is 5.11 Å². The number of hydrogen-bond donors (Lipinski definition) is 2. The molecule has 1 aromatic heterocycles. The van der Waals surface area contributed by atoms with Crippen molar-refractivity contribution in [3.05, 3.63) is 18.2 Å². The summed E-state index contributed by atoms with van der Waals surface area (Å²) in [6.45, 7) is 4.83. The number of nitrogens with zero attached hydrogens (tertiary/aromatic N) is 2. The highest BCUT2D eigenvalue weighted by molar-refractivity contribution is 5.00. The third-order valence-corrected chi connectivity index (χ3v) is 3.16. The molecule has 1 aromatic rings. The van der Waals surface area contributed by atoms with Gasteiger partial charge in [0.25, 0.3) is 0 Å². The first-order valence-corrected chi connectivity index (χ1v) is 5.67. The lowest BCUT2D eigenvalue weighted by atomic mass is 9.89. The largest absolute Gasteiger partial charge is 0.389 e. The second-order valence-electron chi connectivity index (χ2n) is 4.28. The third kappa shape index (κ3) is 2.38. The molecule has 2 N–H and O–H groups in total. The van der Waals surface area contributed by atoms with Gasteiger partial charge in [0.1, 0.15) is 5.82 Å². The van der Waals surface area contributed by atoms with E-state index in [-0.39, 0.29) is 0 Å². The van der Waals surface area contributed by atoms with Crippen molar-refractivity contribution in [2.24, 2.45) is 0 Å². The summed E-state index contributed by atoms with van der Waals surface area (Å²) >= 11 is 0. The number of rotatable bonds is 3. The molecule has 1 aliphatic rings. The highest BCUT2D eigenvalue weighted by Crippen LogP contribution is 2.22. The summed E-state index contributed by atoms with van der Waals surface area (Å²) in [6, 6.07) is 0. The number of aryl methyl sites for hydroxylation is 1. The van der Waals surface area contributed by atoms with E-state index in [9.17, 15) is 5.11 Å². The molecule has 0 aromatic carbocycles. The molecule has 0 spiro atoms. The maximum atomic E-state index is 10.4. The highest BCUT2D eigenvalue weighted by atomic mass is 16.3. The van der Waals surface area contributed by atoms with Crippen LogP contribution in [0.25, 0.3) is 0 Å². The molecular formula is C11H19N3O. The summed E-state index contributed by atoms with van der Waals surface area (Å²) in [4.78, 5) is 4.31. The quantitative estimate of drug-likeness (QED) is 0.765. The van der Waals surface area contributed by atoms with E-state index in [1.54, 1.807) is 0 Å². The van der Waals surface area contributed by atoms with Gasteiger partial charge in [-0.3, -0.25) is 0 Å². The van der Waals surface area contributed by atoms with Crippen molar-refractivity contribution in [1.82, 2.24) is 14.9 Å². The summed E-state index contributed by atoms with van der Waals surface area (Å²) in [7, 11) is 0. The molecular weight excluding hydrogens is 190 g/mol. The lowest BCUT2D eigenvalue weighted by Gasteiger charge is -2.32. The Morgan fingerprint density at radius 1 is 1.53 bits per heavy atom. The Hall–Kier alpha value is -0.870. The van der Waals surface area contributed by atoms with Gasteiger partial charge in [0.15, 0.2) is 0 Å². The van der Waals surface area contributed by atoms with Crippen LogP contribution in [0.5, 0.6) is 0 Å². The lowest BCUT2D eigenvalue weighted by Crippen LogP contribution is -2.43. The number of aromatic nitrogens is 2. The van der Waals surface area contributed by atoms with Crippen molar-refractivity contribution in [1.29, 1.82) is 0 Å². The summed E-state index contributed by atoms with van der Waals surface area (Å²) in [5.41, 5.74) is -0.552. The van der Waals surface area contributed by atoms with Crippen LogP contribution in [0.3, 0.4) is 0 Å². The number of imidazole rings is 1. The summed E-state index contributed by atoms with van der Waals surface area (Å²) < 4.78 is 2.10. The van der Waals surface area contributed by atoms with Crippen LogP contribution >= 0.6 is 0 Å². The van der Waals surface area contributed by atoms with E-state index in [0.717, 1.165) is 38.3 Å². The molecule has 4 nitrogen and oxygen atoms in total. The smallest absolute Gasteiger partial charge is 0.111 e. The zero-order chi connectivity index (χ0) is 10.7. The van der Waals surface area contributed by atoms with Crippen molar-refractivity contribution in [2.75, 3.05) is 13.1 Å². The van der Waals surface area contributed by atoms with Crippen molar-refractivity contribution in [2.45, 2.75) is 38.3 Å². The first-order chi connectivity index (χ1) is 7.23. The molecule has 0 aliphatic carbocycles. The molecule has 0 amide bonds. The molecule has 0 bridgehead atoms. The molecule has 2 heterocycles. The van der Waals surface area contributed by atoms with Crippen LogP contribution in [-0.2, 0) is 13.0 Å². The standard InChI is InChI=1S/C11H19N3O/c1-2-14-8-7-13-10(14)9-11(15)3-5-12-6-4-11/h7-8,12,15H,2-6,9H2,1H3. The van der Waals surface area contributed by atoms with Gasteiger partial charge in [0.2, 0.25) is 0 Å². The Balaban J connectivity index is 2.06. The minimum Gasteiger partial charge on any atom is -0.389 e. The number of piperidine rings is 1. The molecule has 1 aliphatic heterocycles. The molecule has 0 radical (unpaired) electrons. The average molecular weight is 209 g/mol. The van der Waals surface area contributed by atoms with Gasteiger partial charge in [0.05, 0.1) is 5.60 Å². The van der Waals surface area contributed by atoms with E-state index < -0.39 is 5.60 Å². The van der Waals surface area contributed by atoms with E-state index in [0.29, 0.717) is 6.42 Å². The second-order valence-corrected chi connectivity index (χ2v) is 4.28. The Morgan fingerprint density at radius 2 is 2.27 bits per heavy atom. The summed E-state index contributed by atoms with van der Waals surface area (Å²) in [6.07, 6.45) is 6.10. The zero-order valence-electron chi connectivity index (χ0n) is 9.24. The van der Waals surface area contributed by atoms with E-state index in [1.165, 1.54) is 0 Å². The van der Waals surface area contributed by atoms with Crippen LogP contribution in [0.2, 0.25) is 0 Å². The Kier molecular flexibility index (Phi) is 3.07. The monoisotopic (exact) mass is 209 g/mol. The van der Waals surface area contributed by atoms with Gasteiger partial charge in [0, 0.05) is 25.4 Å². The van der Waals surface area contributed by atoms with E-state index in [1.807, 2.05) is 12.4 Å². The Bertz CT molecular complexity index is 315. The lowest BCUT2D eigenvalue weighted by molar-refractivity contribution is 0.00844. The highest BCUT2D eigenvalue weighted by Gasteiger charge is 2.30. The van der Waals surface area contributed by atoms with Gasteiger partial charge in [-0.05, 0) is 32.9 Å². The fraction of sp³-hybridized carbons (Fsp3) is 0.727. The van der Waals surface area contributed by atoms with Gasteiger partial charge >= 0.3 is 0 Å². The molecule has 84 valence electrons. The predicted octanol–water partition coefficient (Wildman–Crippen LogP) is 0.560. The molecule has 1 fully saturated rings. The van der Waals surface area contributed by atoms with Gasteiger partial charge in [-0.2, -0.15) is 0 Å². The van der Waals surface area contributed by atoms with Crippen LogP contribution < -0.4 is 5.32 Å². The van der Waals surface area contributed by atoms with Gasteiger partial charge < -0.3 is 15.0 Å². The summed E-state index contributed by atoms with van der Waals surface area (Å²) in [5.74, 6) is 1.00. The zero-order valence-corrected chi connectivity index (χ0v) is 9.24. The van der Waals surface area contributed by atoms with Crippen molar-refractivity contribution in [3.63, 3.8) is 0 Å². The molecule has 0 saturated carbocycles. The molecule has 2 rings (SSSR count). The minimum atomic E-state index is -0.552. The fourth-order valence-electron chi connectivity index (χ4n) is 2.16. The van der Waals surface area contributed by atoms with Crippen molar-refractivity contribution in [3.8, 4) is 0 Å². The van der Waals surface area contributed by atoms with Crippen LogP contribution in [0.1, 0.15) is 25.6 Å². The third-order valence-electron chi connectivity index (χ3n) is 3.16. The normalized spacial score (nSPS) is 20.4. The molecule has 15 heavy (non-hydrogen) atoms. The maximum absolute atomic E-state index is 10.4. The van der Waals surface area contributed by atoms with E-state index >= 15 is 0 Å². The van der Waals surface area contributed by atoms with Gasteiger partial charge in [-0.15, -0.1) is 0 Å². The second kappa shape index (κ2) is 4.33. The maximum Gasteiger partial charge on any atom is 0.111 e. The SMILES string of the molecule is CCn1ccnc1CC1(O)CCNCC1. The van der Waals surface area contributed by atoms with Crippen LogP contribution in [0, 0.1) is 0 Å². The number of nitrogens with one attached hydrogen (secondary N) is 1. The van der Waals surface area contributed by atoms with Gasteiger partial charge in [-0.1, -0.05) is 0 Å². The van der Waals surface area contributed by atoms with E-state index in [4.69, 9.17) is 0 Å². The van der Waals surface area contributed by atoms with Crippen molar-refractivity contribution >= 4 is 0 Å². The molecule has 0 unspecified atom stereocenters. The Morgan fingerprint density at radius 3 is 2.93 bits per heavy atom.